The zero-order valence-corrected chi connectivity index (χ0v) is 30.6. The van der Waals surface area contributed by atoms with Gasteiger partial charge >= 0.3 is 17.9 Å². The second kappa shape index (κ2) is 17.4. The number of hydrogen-bond donors (Lipinski definition) is 0. The molecule has 5 rings (SSSR count). The van der Waals surface area contributed by atoms with Gasteiger partial charge < -0.3 is 33.2 Å². The average molecular weight is 753 g/mol. The summed E-state index contributed by atoms with van der Waals surface area (Å²) in [5.74, 6) is -1.94. The highest BCUT2D eigenvalue weighted by atomic mass is 19.1. The molecule has 0 heterocycles. The van der Waals surface area contributed by atoms with E-state index in [0.717, 1.165) is 40.5 Å². The van der Waals surface area contributed by atoms with Gasteiger partial charge in [0.05, 0.1) is 6.26 Å². The first-order valence-corrected chi connectivity index (χ1v) is 16.8. The smallest absolute Gasteiger partial charge is 0.336 e. The van der Waals surface area contributed by atoms with Gasteiger partial charge in [0, 0.05) is 45.9 Å². The van der Waals surface area contributed by atoms with Crippen molar-refractivity contribution in [1.29, 1.82) is 0 Å². The average Bonchev–Trinajstić information content (AvgIpc) is 3.36. The molecule has 0 amide bonds. The Hall–Kier alpha value is -6.69. The van der Waals surface area contributed by atoms with E-state index >= 15 is 0 Å². The molecule has 10 nitrogen and oxygen atoms in total. The van der Waals surface area contributed by atoms with Crippen molar-refractivity contribution < 1.29 is 56.3 Å². The molecule has 4 aromatic carbocycles. The molecule has 0 fully saturated rings. The Morgan fingerprint density at radius 1 is 0.636 bits per heavy atom. The largest absolute Gasteiger partial charge is 0.465 e. The van der Waals surface area contributed by atoms with E-state index in [9.17, 15) is 23.2 Å². The van der Waals surface area contributed by atoms with Gasteiger partial charge in [-0.1, -0.05) is 39.1 Å². The van der Waals surface area contributed by atoms with Gasteiger partial charge in [0.1, 0.15) is 34.6 Å². The van der Waals surface area contributed by atoms with E-state index in [0.29, 0.717) is 11.5 Å². The summed E-state index contributed by atoms with van der Waals surface area (Å²) in [4.78, 5) is 35.6. The van der Waals surface area contributed by atoms with Gasteiger partial charge in [0.15, 0.2) is 0 Å². The SMILES string of the molecule is C=C(C)C(=O)OCOc1ccc(C=COCOc2ccc3c(c2)C(C)(C)c2cc(OC(=O)C=Cc4ccc(OCOC(=O)C(=C)C)cc4F)ccc2-3)c(F)c1. The van der Waals surface area contributed by atoms with Crippen LogP contribution in [0.2, 0.25) is 0 Å². The lowest BCUT2D eigenvalue weighted by Crippen LogP contribution is -2.15. The van der Waals surface area contributed by atoms with E-state index in [1.54, 1.807) is 12.1 Å². The van der Waals surface area contributed by atoms with Gasteiger partial charge in [0.25, 0.3) is 0 Å². The Kier molecular flexibility index (Phi) is 12.5. The molecule has 4 aromatic rings. The van der Waals surface area contributed by atoms with Gasteiger partial charge in [0.2, 0.25) is 20.4 Å². The van der Waals surface area contributed by atoms with Crippen LogP contribution in [-0.4, -0.2) is 38.3 Å². The molecule has 0 saturated carbocycles. The third kappa shape index (κ3) is 10.0. The number of rotatable bonds is 16. The van der Waals surface area contributed by atoms with Crippen molar-refractivity contribution in [3.8, 4) is 34.1 Å². The van der Waals surface area contributed by atoms with E-state index < -0.39 is 41.8 Å². The van der Waals surface area contributed by atoms with Crippen molar-refractivity contribution >= 4 is 30.1 Å². The highest BCUT2D eigenvalue weighted by Gasteiger charge is 2.36. The zero-order valence-electron chi connectivity index (χ0n) is 30.6. The number of ether oxygens (including phenoxy) is 7. The molecule has 0 aromatic heterocycles. The summed E-state index contributed by atoms with van der Waals surface area (Å²) in [6.45, 7) is 13.1. The number of fused-ring (bicyclic) bond motifs is 3. The molecule has 0 radical (unpaired) electrons. The van der Waals surface area contributed by atoms with Gasteiger partial charge in [-0.15, -0.1) is 0 Å². The maximum Gasteiger partial charge on any atom is 0.336 e. The van der Waals surface area contributed by atoms with Crippen LogP contribution in [0, 0.1) is 11.6 Å². The molecule has 0 bridgehead atoms. The molecule has 55 heavy (non-hydrogen) atoms. The van der Waals surface area contributed by atoms with Crippen LogP contribution in [0.25, 0.3) is 23.3 Å². The first kappa shape index (κ1) is 39.5. The molecule has 1 aliphatic rings. The molecular weight excluding hydrogens is 714 g/mol. The van der Waals surface area contributed by atoms with Gasteiger partial charge in [-0.05, 0) is 96.8 Å². The van der Waals surface area contributed by atoms with E-state index in [1.807, 2.05) is 38.1 Å². The topological polar surface area (TPSA) is 116 Å². The minimum Gasteiger partial charge on any atom is -0.465 e. The molecular formula is C43H38F2O10. The summed E-state index contributed by atoms with van der Waals surface area (Å²) in [5.41, 5.74) is 4.25. The van der Waals surface area contributed by atoms with E-state index in [2.05, 4.69) is 13.2 Å². The number of halogens is 2. The fourth-order valence-corrected chi connectivity index (χ4v) is 5.43. The Labute approximate surface area is 316 Å². The molecule has 1 aliphatic carbocycles. The van der Waals surface area contributed by atoms with Crippen LogP contribution in [0.5, 0.6) is 23.0 Å². The zero-order chi connectivity index (χ0) is 39.7. The molecule has 0 N–H and O–H groups in total. The first-order chi connectivity index (χ1) is 26.2. The van der Waals surface area contributed by atoms with Crippen molar-refractivity contribution in [1.82, 2.24) is 0 Å². The summed E-state index contributed by atoms with van der Waals surface area (Å²) in [6.07, 6.45) is 5.16. The molecule has 0 atom stereocenters. The monoisotopic (exact) mass is 752 g/mol. The van der Waals surface area contributed by atoms with Crippen molar-refractivity contribution in [2.24, 2.45) is 0 Å². The van der Waals surface area contributed by atoms with Crippen molar-refractivity contribution in [3.05, 3.63) is 143 Å². The number of carbonyl (C=O) groups is 3. The summed E-state index contributed by atoms with van der Waals surface area (Å²) >= 11 is 0. The molecule has 12 heteroatoms. The predicted octanol–water partition coefficient (Wildman–Crippen LogP) is 8.82. The lowest BCUT2D eigenvalue weighted by Gasteiger charge is -2.22. The van der Waals surface area contributed by atoms with Crippen LogP contribution in [0.1, 0.15) is 49.9 Å². The lowest BCUT2D eigenvalue weighted by molar-refractivity contribution is -0.146. The van der Waals surface area contributed by atoms with Crippen molar-refractivity contribution in [3.63, 3.8) is 0 Å². The Morgan fingerprint density at radius 2 is 1.09 bits per heavy atom. The standard InChI is InChI=1S/C43H38F2O10/c1-26(2)41(47)53-24-51-31-10-7-28(38(44)21-31)9-16-40(46)55-33-13-15-35-34-14-12-30(19-36(34)43(5,6)37(35)20-33)50-23-49-18-17-29-8-11-32(22-39(29)45)52-25-54-42(48)27(3)4/h7-22H,1,3,23-25H2,2,4-6H3. The number of esters is 3. The Balaban J connectivity index is 1.13. The first-order valence-electron chi connectivity index (χ1n) is 16.8. The predicted molar refractivity (Wildman–Crippen MR) is 200 cm³/mol. The third-order valence-electron chi connectivity index (χ3n) is 8.35. The normalized spacial score (nSPS) is 12.4. The molecule has 0 spiro atoms. The van der Waals surface area contributed by atoms with Gasteiger partial charge in [-0.2, -0.15) is 0 Å². The second-order valence-electron chi connectivity index (χ2n) is 12.8. The molecule has 0 aliphatic heterocycles. The highest BCUT2D eigenvalue weighted by Crippen LogP contribution is 2.50. The third-order valence-corrected chi connectivity index (χ3v) is 8.35. The number of carbonyl (C=O) groups excluding carboxylic acids is 3. The lowest BCUT2D eigenvalue weighted by atomic mass is 9.82. The van der Waals surface area contributed by atoms with E-state index in [1.165, 1.54) is 56.5 Å². The van der Waals surface area contributed by atoms with Gasteiger partial charge in [-0.25, -0.2) is 23.2 Å². The fourth-order valence-electron chi connectivity index (χ4n) is 5.43. The quantitative estimate of drug-likeness (QED) is 0.0275. The van der Waals surface area contributed by atoms with Crippen LogP contribution in [0.15, 0.2) is 109 Å². The van der Waals surface area contributed by atoms with Crippen LogP contribution < -0.4 is 18.9 Å². The Bertz CT molecular complexity index is 2200. The summed E-state index contributed by atoms with van der Waals surface area (Å²) < 4.78 is 66.1. The highest BCUT2D eigenvalue weighted by molar-refractivity contribution is 5.89. The molecule has 0 unspecified atom stereocenters. The van der Waals surface area contributed by atoms with Crippen LogP contribution >= 0.6 is 0 Å². The minimum atomic E-state index is -0.697. The summed E-state index contributed by atoms with van der Waals surface area (Å²) in [7, 11) is 0. The fraction of sp³-hybridized carbons (Fsp3) is 0.186. The maximum atomic E-state index is 14.6. The second-order valence-corrected chi connectivity index (χ2v) is 12.8. The maximum absolute atomic E-state index is 14.6. The van der Waals surface area contributed by atoms with Crippen LogP contribution in [0.4, 0.5) is 8.78 Å². The van der Waals surface area contributed by atoms with E-state index in [4.69, 9.17) is 33.2 Å². The van der Waals surface area contributed by atoms with Crippen LogP contribution in [0.3, 0.4) is 0 Å². The number of benzene rings is 4. The Morgan fingerprint density at radius 3 is 1.62 bits per heavy atom. The van der Waals surface area contributed by atoms with Crippen molar-refractivity contribution in [2.75, 3.05) is 20.4 Å². The summed E-state index contributed by atoms with van der Waals surface area (Å²) in [5, 5.41) is 0. The number of hydrogen-bond acceptors (Lipinski definition) is 10. The van der Waals surface area contributed by atoms with Crippen molar-refractivity contribution in [2.45, 2.75) is 33.1 Å². The molecule has 284 valence electrons. The van der Waals surface area contributed by atoms with Gasteiger partial charge in [-0.3, -0.25) is 0 Å². The molecule has 0 saturated heterocycles. The van der Waals surface area contributed by atoms with Crippen LogP contribution in [-0.2, 0) is 34.0 Å². The summed E-state index contributed by atoms with van der Waals surface area (Å²) in [6, 6.07) is 19.2. The minimum absolute atomic E-state index is 0.126. The van der Waals surface area contributed by atoms with E-state index in [-0.39, 0.29) is 47.4 Å².